The standard InChI is InChI=1S/C10H12O4/c1-6-7(9(11)10(12)13)4-3-5-8(6)14-2/h3-5,9,11H,1-2H3,(H,12,13). The molecular formula is C10H12O4. The highest BCUT2D eigenvalue weighted by Crippen LogP contribution is 2.25. The number of carbonyl (C=O) groups is 1. The van der Waals surface area contributed by atoms with Gasteiger partial charge in [-0.15, -0.1) is 0 Å². The van der Waals surface area contributed by atoms with Crippen molar-refractivity contribution in [2.45, 2.75) is 13.0 Å². The van der Waals surface area contributed by atoms with E-state index >= 15 is 0 Å². The third-order valence-electron chi connectivity index (χ3n) is 2.07. The molecule has 0 saturated carbocycles. The minimum atomic E-state index is -1.50. The van der Waals surface area contributed by atoms with Gasteiger partial charge >= 0.3 is 5.97 Å². The Morgan fingerprint density at radius 3 is 2.64 bits per heavy atom. The van der Waals surface area contributed by atoms with E-state index in [2.05, 4.69) is 0 Å². The molecule has 0 amide bonds. The Bertz CT molecular complexity index is 346. The smallest absolute Gasteiger partial charge is 0.337 e. The number of carboxylic acid groups (broad SMARTS) is 1. The van der Waals surface area contributed by atoms with Crippen molar-refractivity contribution in [2.24, 2.45) is 0 Å². The second-order valence-corrected chi connectivity index (χ2v) is 2.92. The van der Waals surface area contributed by atoms with E-state index in [4.69, 9.17) is 9.84 Å². The Labute approximate surface area is 81.8 Å². The van der Waals surface area contributed by atoms with Crippen molar-refractivity contribution in [3.63, 3.8) is 0 Å². The largest absolute Gasteiger partial charge is 0.496 e. The Morgan fingerprint density at radius 1 is 1.50 bits per heavy atom. The molecule has 2 N–H and O–H groups in total. The summed E-state index contributed by atoms with van der Waals surface area (Å²) >= 11 is 0. The first-order chi connectivity index (χ1) is 6.57. The van der Waals surface area contributed by atoms with Crippen LogP contribution in [-0.2, 0) is 4.79 Å². The maximum absolute atomic E-state index is 10.6. The van der Waals surface area contributed by atoms with Gasteiger partial charge < -0.3 is 14.9 Å². The quantitative estimate of drug-likeness (QED) is 0.760. The number of rotatable bonds is 3. The van der Waals surface area contributed by atoms with Gasteiger partial charge in [-0.1, -0.05) is 12.1 Å². The first-order valence-electron chi connectivity index (χ1n) is 4.12. The molecule has 0 spiro atoms. The fourth-order valence-electron chi connectivity index (χ4n) is 1.28. The van der Waals surface area contributed by atoms with Gasteiger partial charge in [-0.25, -0.2) is 4.79 Å². The van der Waals surface area contributed by atoms with Gasteiger partial charge in [-0.2, -0.15) is 0 Å². The molecule has 0 aliphatic carbocycles. The van der Waals surface area contributed by atoms with Crippen LogP contribution in [0.3, 0.4) is 0 Å². The van der Waals surface area contributed by atoms with Crippen molar-refractivity contribution in [3.8, 4) is 5.75 Å². The number of methoxy groups -OCH3 is 1. The highest BCUT2D eigenvalue weighted by molar-refractivity contribution is 5.75. The zero-order valence-corrected chi connectivity index (χ0v) is 8.02. The Balaban J connectivity index is 3.15. The maximum Gasteiger partial charge on any atom is 0.337 e. The van der Waals surface area contributed by atoms with Crippen LogP contribution in [0.5, 0.6) is 5.75 Å². The topological polar surface area (TPSA) is 66.8 Å². The maximum atomic E-state index is 10.6. The van der Waals surface area contributed by atoms with Crippen molar-refractivity contribution in [1.29, 1.82) is 0 Å². The second-order valence-electron chi connectivity index (χ2n) is 2.92. The van der Waals surface area contributed by atoms with E-state index in [1.54, 1.807) is 25.1 Å². The molecule has 14 heavy (non-hydrogen) atoms. The fraction of sp³-hybridized carbons (Fsp3) is 0.300. The lowest BCUT2D eigenvalue weighted by atomic mass is 10.0. The van der Waals surface area contributed by atoms with Gasteiger partial charge in [0, 0.05) is 0 Å². The molecule has 0 bridgehead atoms. The van der Waals surface area contributed by atoms with Crippen molar-refractivity contribution >= 4 is 5.97 Å². The molecule has 0 aliphatic heterocycles. The molecule has 76 valence electrons. The molecule has 1 rings (SSSR count). The van der Waals surface area contributed by atoms with E-state index in [9.17, 15) is 9.90 Å². The molecular weight excluding hydrogens is 184 g/mol. The first kappa shape index (κ1) is 10.5. The van der Waals surface area contributed by atoms with Crippen molar-refractivity contribution < 1.29 is 19.7 Å². The third kappa shape index (κ3) is 1.85. The highest BCUT2D eigenvalue weighted by Gasteiger charge is 2.19. The molecule has 0 radical (unpaired) electrons. The lowest BCUT2D eigenvalue weighted by molar-refractivity contribution is -0.147. The predicted molar refractivity (Wildman–Crippen MR) is 50.3 cm³/mol. The van der Waals surface area contributed by atoms with Gasteiger partial charge in [-0.3, -0.25) is 0 Å². The highest BCUT2D eigenvalue weighted by atomic mass is 16.5. The summed E-state index contributed by atoms with van der Waals surface area (Å²) in [5.74, 6) is -0.691. The minimum absolute atomic E-state index is 0.358. The number of aliphatic hydroxyl groups is 1. The molecule has 1 unspecified atom stereocenters. The molecule has 0 heterocycles. The molecule has 0 aromatic heterocycles. The van der Waals surface area contributed by atoms with Crippen LogP contribution < -0.4 is 4.74 Å². The van der Waals surface area contributed by atoms with Crippen LogP contribution in [0.1, 0.15) is 17.2 Å². The third-order valence-corrected chi connectivity index (χ3v) is 2.07. The van der Waals surface area contributed by atoms with Crippen molar-refractivity contribution in [2.75, 3.05) is 7.11 Å². The zero-order chi connectivity index (χ0) is 10.7. The summed E-state index contributed by atoms with van der Waals surface area (Å²) in [5.41, 5.74) is 1.00. The summed E-state index contributed by atoms with van der Waals surface area (Å²) < 4.78 is 5.01. The van der Waals surface area contributed by atoms with Crippen LogP contribution in [0.4, 0.5) is 0 Å². The SMILES string of the molecule is COc1cccc(C(O)C(=O)O)c1C. The van der Waals surface area contributed by atoms with Gasteiger partial charge in [0.15, 0.2) is 6.10 Å². The van der Waals surface area contributed by atoms with Crippen LogP contribution in [0.25, 0.3) is 0 Å². The Hall–Kier alpha value is -1.55. The lowest BCUT2D eigenvalue weighted by Gasteiger charge is -2.12. The van der Waals surface area contributed by atoms with E-state index < -0.39 is 12.1 Å². The number of hydrogen-bond donors (Lipinski definition) is 2. The van der Waals surface area contributed by atoms with Gasteiger partial charge in [0.25, 0.3) is 0 Å². The average molecular weight is 196 g/mol. The summed E-state index contributed by atoms with van der Waals surface area (Å²) in [5, 5.41) is 18.0. The van der Waals surface area contributed by atoms with E-state index in [0.717, 1.165) is 0 Å². The van der Waals surface area contributed by atoms with Crippen LogP contribution in [-0.4, -0.2) is 23.3 Å². The molecule has 1 aromatic rings. The summed E-state index contributed by atoms with van der Waals surface area (Å²) in [6.45, 7) is 1.71. The number of hydrogen-bond acceptors (Lipinski definition) is 3. The first-order valence-corrected chi connectivity index (χ1v) is 4.12. The average Bonchev–Trinajstić information content (AvgIpc) is 2.17. The van der Waals surface area contributed by atoms with E-state index in [-0.39, 0.29) is 0 Å². The normalized spacial score (nSPS) is 12.2. The molecule has 0 saturated heterocycles. The summed E-state index contributed by atoms with van der Waals surface area (Å²) in [6, 6.07) is 4.93. The number of benzene rings is 1. The fourth-order valence-corrected chi connectivity index (χ4v) is 1.28. The van der Waals surface area contributed by atoms with Gasteiger partial charge in [0.1, 0.15) is 5.75 Å². The predicted octanol–water partition coefficient (Wildman–Crippen LogP) is 1.12. The van der Waals surface area contributed by atoms with Gasteiger partial charge in [-0.05, 0) is 24.1 Å². The van der Waals surface area contributed by atoms with Gasteiger partial charge in [0.2, 0.25) is 0 Å². The van der Waals surface area contributed by atoms with Crippen LogP contribution in [0.15, 0.2) is 18.2 Å². The molecule has 4 nitrogen and oxygen atoms in total. The molecule has 1 aromatic carbocycles. The lowest BCUT2D eigenvalue weighted by Crippen LogP contribution is -2.12. The number of aliphatic hydroxyl groups excluding tert-OH is 1. The summed E-state index contributed by atoms with van der Waals surface area (Å²) in [4.78, 5) is 10.6. The Morgan fingerprint density at radius 2 is 2.14 bits per heavy atom. The van der Waals surface area contributed by atoms with E-state index in [1.807, 2.05) is 0 Å². The van der Waals surface area contributed by atoms with E-state index in [1.165, 1.54) is 7.11 Å². The molecule has 0 fully saturated rings. The molecule has 4 heteroatoms. The molecule has 0 aliphatic rings. The monoisotopic (exact) mass is 196 g/mol. The van der Waals surface area contributed by atoms with Crippen LogP contribution >= 0.6 is 0 Å². The van der Waals surface area contributed by atoms with Crippen molar-refractivity contribution in [1.82, 2.24) is 0 Å². The van der Waals surface area contributed by atoms with E-state index in [0.29, 0.717) is 16.9 Å². The van der Waals surface area contributed by atoms with Crippen molar-refractivity contribution in [3.05, 3.63) is 29.3 Å². The van der Waals surface area contributed by atoms with Crippen LogP contribution in [0.2, 0.25) is 0 Å². The minimum Gasteiger partial charge on any atom is -0.496 e. The number of carboxylic acids is 1. The summed E-state index contributed by atoms with van der Waals surface area (Å²) in [6.07, 6.45) is -1.50. The van der Waals surface area contributed by atoms with Crippen LogP contribution in [0, 0.1) is 6.92 Å². The number of aliphatic carboxylic acids is 1. The second kappa shape index (κ2) is 4.11. The zero-order valence-electron chi connectivity index (χ0n) is 8.02. The Kier molecular flexibility index (Phi) is 3.09. The number of ether oxygens (including phenoxy) is 1. The molecule has 1 atom stereocenters. The summed E-state index contributed by atoms with van der Waals surface area (Å²) in [7, 11) is 1.50. The van der Waals surface area contributed by atoms with Gasteiger partial charge in [0.05, 0.1) is 7.11 Å².